The van der Waals surface area contributed by atoms with Crippen LogP contribution in [0.15, 0.2) is 48.5 Å². The van der Waals surface area contributed by atoms with Gasteiger partial charge in [-0.15, -0.1) is 0 Å². The van der Waals surface area contributed by atoms with Crippen LogP contribution in [0.25, 0.3) is 0 Å². The molecular weight excluding hydrogens is 410 g/mol. The van der Waals surface area contributed by atoms with Gasteiger partial charge in [0.25, 0.3) is 0 Å². The van der Waals surface area contributed by atoms with Crippen molar-refractivity contribution in [3.63, 3.8) is 0 Å². The van der Waals surface area contributed by atoms with Crippen LogP contribution in [0.2, 0.25) is 0 Å². The third-order valence-corrected chi connectivity index (χ3v) is 4.94. The molecule has 0 atom stereocenters. The molecule has 3 N–H and O–H groups in total. The third-order valence-electron chi connectivity index (χ3n) is 4.26. The fourth-order valence-corrected chi connectivity index (χ4v) is 3.41. The van der Waals surface area contributed by atoms with E-state index in [0.29, 0.717) is 23.2 Å². The van der Waals surface area contributed by atoms with Gasteiger partial charge in [0.1, 0.15) is 18.0 Å². The lowest BCUT2D eigenvalue weighted by Crippen LogP contribution is -2.44. The van der Waals surface area contributed by atoms with Crippen LogP contribution in [-0.2, 0) is 16.9 Å². The minimum atomic E-state index is -0.772. The average molecular weight is 444 g/mol. The maximum absolute atomic E-state index is 12.5. The van der Waals surface area contributed by atoms with E-state index in [4.69, 9.17) is 14.9 Å². The van der Waals surface area contributed by atoms with Gasteiger partial charge < -0.3 is 20.1 Å². The van der Waals surface area contributed by atoms with Crippen molar-refractivity contribution in [2.75, 3.05) is 11.1 Å². The minimum absolute atomic E-state index is 0.335. The molecule has 2 rings (SSSR count). The molecule has 0 heterocycles. The molecule has 0 spiro atoms. The first-order valence-corrected chi connectivity index (χ1v) is 11.3. The summed E-state index contributed by atoms with van der Waals surface area (Å²) in [6.45, 7) is 11.6. The lowest BCUT2D eigenvalue weighted by molar-refractivity contribution is 0.0469. The van der Waals surface area contributed by atoms with Gasteiger partial charge in [0, 0.05) is 5.56 Å². The Hall–Kier alpha value is -2.67. The van der Waals surface area contributed by atoms with Crippen LogP contribution in [0.5, 0.6) is 5.75 Å². The molecule has 0 unspecified atom stereocenters. The number of alkyl carbamates (subject to hydrolysis) is 1. The molecule has 0 aliphatic rings. The summed E-state index contributed by atoms with van der Waals surface area (Å²) in [6.07, 6.45) is -0.501. The predicted molar refractivity (Wildman–Crippen MR) is 129 cm³/mol. The highest BCUT2D eigenvalue weighted by Crippen LogP contribution is 2.37. The first-order chi connectivity index (χ1) is 14.5. The number of hydrogen-bond acceptors (Lipinski definition) is 5. The van der Waals surface area contributed by atoms with Gasteiger partial charge in [0.15, 0.2) is 5.17 Å². The summed E-state index contributed by atoms with van der Waals surface area (Å²) < 4.78 is 11.7. The Labute approximate surface area is 189 Å². The highest BCUT2D eigenvalue weighted by Gasteiger charge is 2.30. The molecular formula is C24H33N3O3S. The molecule has 0 aliphatic heterocycles. The molecule has 0 aromatic heterocycles. The van der Waals surface area contributed by atoms with E-state index in [1.807, 2.05) is 90.1 Å². The lowest BCUT2D eigenvalue weighted by atomic mass is 9.92. The molecule has 168 valence electrons. The summed E-state index contributed by atoms with van der Waals surface area (Å²) >= 11 is 1.41. The smallest absolute Gasteiger partial charge is 0.408 e. The molecule has 31 heavy (non-hydrogen) atoms. The van der Waals surface area contributed by atoms with Gasteiger partial charge in [-0.1, -0.05) is 61.2 Å². The van der Waals surface area contributed by atoms with E-state index in [1.165, 1.54) is 11.8 Å². The van der Waals surface area contributed by atoms with E-state index in [2.05, 4.69) is 10.6 Å². The van der Waals surface area contributed by atoms with Crippen molar-refractivity contribution >= 4 is 28.7 Å². The van der Waals surface area contributed by atoms with Crippen molar-refractivity contribution in [3.05, 3.63) is 59.7 Å². The molecule has 0 bridgehead atoms. The van der Waals surface area contributed by atoms with Gasteiger partial charge in [-0.3, -0.25) is 5.41 Å². The summed E-state index contributed by atoms with van der Waals surface area (Å²) in [4.78, 5) is 12.5. The molecule has 2 aromatic rings. The summed E-state index contributed by atoms with van der Waals surface area (Å²) in [5.74, 6) is 1.38. The Morgan fingerprint density at radius 3 is 2.32 bits per heavy atom. The van der Waals surface area contributed by atoms with Crippen LogP contribution in [0, 0.1) is 5.41 Å². The van der Waals surface area contributed by atoms with E-state index in [0.717, 1.165) is 16.9 Å². The second-order valence-corrected chi connectivity index (χ2v) is 9.87. The van der Waals surface area contributed by atoms with E-state index in [1.54, 1.807) is 0 Å². The molecule has 0 saturated carbocycles. The van der Waals surface area contributed by atoms with Crippen LogP contribution < -0.4 is 15.4 Å². The molecule has 1 amide bonds. The molecule has 0 fully saturated rings. The van der Waals surface area contributed by atoms with Crippen LogP contribution >= 0.6 is 11.8 Å². The summed E-state index contributed by atoms with van der Waals surface area (Å²) in [5.41, 5.74) is 1.13. The van der Waals surface area contributed by atoms with Crippen molar-refractivity contribution in [3.8, 4) is 5.75 Å². The topological polar surface area (TPSA) is 83.4 Å². The molecule has 7 heteroatoms. The second-order valence-electron chi connectivity index (χ2n) is 8.60. The van der Waals surface area contributed by atoms with Crippen LogP contribution in [0.1, 0.15) is 52.7 Å². The highest BCUT2D eigenvalue weighted by atomic mass is 32.2. The van der Waals surface area contributed by atoms with Gasteiger partial charge >= 0.3 is 6.09 Å². The standard InChI is InChI=1S/C24H33N3O3S/c1-7-31-21(25)26-19-15-11-14-18(20(19)29-16-17-12-9-8-10-13-17)24(5,6)27-22(28)30-23(2,3)4/h8-15H,7,16H2,1-6H3,(H2,25,26)(H,27,28). The Morgan fingerprint density at radius 2 is 1.71 bits per heavy atom. The number of benzene rings is 2. The number of hydrogen-bond donors (Lipinski definition) is 3. The number of thioether (sulfide) groups is 1. The van der Waals surface area contributed by atoms with E-state index in [-0.39, 0.29) is 0 Å². The Kier molecular flexibility index (Phi) is 8.39. The fraction of sp³-hybridized carbons (Fsp3) is 0.417. The zero-order valence-electron chi connectivity index (χ0n) is 19.2. The van der Waals surface area contributed by atoms with Crippen LogP contribution in [0.3, 0.4) is 0 Å². The van der Waals surface area contributed by atoms with Crippen molar-refractivity contribution in [2.24, 2.45) is 0 Å². The summed E-state index contributed by atoms with van der Waals surface area (Å²) in [6, 6.07) is 15.6. The van der Waals surface area contributed by atoms with Crippen molar-refractivity contribution in [1.29, 1.82) is 5.41 Å². The number of nitrogens with one attached hydrogen (secondary N) is 3. The Balaban J connectivity index is 2.37. The normalized spacial score (nSPS) is 11.5. The van der Waals surface area contributed by atoms with Gasteiger partial charge in [-0.05, 0) is 52.0 Å². The molecule has 6 nitrogen and oxygen atoms in total. The number of amides is 1. The number of anilines is 1. The van der Waals surface area contributed by atoms with E-state index < -0.39 is 17.2 Å². The van der Waals surface area contributed by atoms with Gasteiger partial charge in [-0.25, -0.2) is 4.79 Å². The Bertz CT molecular complexity index is 893. The molecule has 2 aromatic carbocycles. The molecule has 0 saturated heterocycles. The SMILES string of the molecule is CCSC(=N)Nc1cccc(C(C)(C)NC(=O)OC(C)(C)C)c1OCc1ccccc1. The number of amidine groups is 1. The van der Waals surface area contributed by atoms with Gasteiger partial charge in [0.05, 0.1) is 11.2 Å². The third kappa shape index (κ3) is 7.83. The quantitative estimate of drug-likeness (QED) is 0.354. The van der Waals surface area contributed by atoms with Gasteiger partial charge in [0.2, 0.25) is 0 Å². The zero-order valence-corrected chi connectivity index (χ0v) is 20.0. The zero-order chi connectivity index (χ0) is 23.1. The highest BCUT2D eigenvalue weighted by molar-refractivity contribution is 8.14. The van der Waals surface area contributed by atoms with E-state index >= 15 is 0 Å². The first-order valence-electron chi connectivity index (χ1n) is 10.3. The number of carbonyl (C=O) groups excluding carboxylic acids is 1. The van der Waals surface area contributed by atoms with Crippen LogP contribution in [-0.4, -0.2) is 22.6 Å². The van der Waals surface area contributed by atoms with Crippen molar-refractivity contribution < 1.29 is 14.3 Å². The van der Waals surface area contributed by atoms with Crippen LogP contribution in [0.4, 0.5) is 10.5 Å². The monoisotopic (exact) mass is 443 g/mol. The predicted octanol–water partition coefficient (Wildman–Crippen LogP) is 6.13. The molecule has 0 radical (unpaired) electrons. The first kappa shape index (κ1) is 24.6. The maximum Gasteiger partial charge on any atom is 0.408 e. The maximum atomic E-state index is 12.5. The van der Waals surface area contributed by atoms with Crippen molar-refractivity contribution in [1.82, 2.24) is 5.32 Å². The van der Waals surface area contributed by atoms with E-state index in [9.17, 15) is 4.79 Å². The summed E-state index contributed by atoms with van der Waals surface area (Å²) in [5, 5.41) is 14.6. The summed E-state index contributed by atoms with van der Waals surface area (Å²) in [7, 11) is 0. The number of ether oxygens (including phenoxy) is 2. The lowest BCUT2D eigenvalue weighted by Gasteiger charge is -2.31. The van der Waals surface area contributed by atoms with Crippen molar-refractivity contribution in [2.45, 2.75) is 59.3 Å². The number of rotatable bonds is 7. The second kappa shape index (κ2) is 10.6. The average Bonchev–Trinajstić information content (AvgIpc) is 2.65. The minimum Gasteiger partial charge on any atom is -0.486 e. The largest absolute Gasteiger partial charge is 0.486 e. The fourth-order valence-electron chi connectivity index (χ4n) is 2.94. The van der Waals surface area contributed by atoms with Gasteiger partial charge in [-0.2, -0.15) is 0 Å². The Morgan fingerprint density at radius 1 is 1.03 bits per heavy atom. The number of carbonyl (C=O) groups is 1. The molecule has 0 aliphatic carbocycles. The number of para-hydroxylation sites is 1.